The van der Waals surface area contributed by atoms with Crippen LogP contribution < -0.4 is 5.32 Å². The third-order valence-electron chi connectivity index (χ3n) is 4.82. The molecule has 23 heavy (non-hydrogen) atoms. The van der Waals surface area contributed by atoms with Crippen LogP contribution in [0.5, 0.6) is 0 Å². The highest BCUT2D eigenvalue weighted by molar-refractivity contribution is 5.94. The predicted octanol–water partition coefficient (Wildman–Crippen LogP) is 3.23. The molecule has 4 nitrogen and oxygen atoms in total. The summed E-state index contributed by atoms with van der Waals surface area (Å²) in [6.45, 7) is 2.82. The normalized spacial score (nSPS) is 20.8. The maximum absolute atomic E-state index is 12.3. The molecule has 1 aliphatic rings. The Morgan fingerprint density at radius 3 is 2.43 bits per heavy atom. The lowest BCUT2D eigenvalue weighted by molar-refractivity contribution is -0.132. The van der Waals surface area contributed by atoms with Gasteiger partial charge in [-0.15, -0.1) is 0 Å². The standard InChI is InChI=1S/C19H28N2O2/c1-15-10-12-17(13-11-15)21(2)18(22)9-6-14-20-19(23)16-7-4-3-5-8-16/h3-5,7-8,15,17H,6,9-14H2,1-2H3,(H,20,23). The zero-order valence-corrected chi connectivity index (χ0v) is 14.3. The quantitative estimate of drug-likeness (QED) is 0.819. The molecule has 0 radical (unpaired) electrons. The molecule has 1 fully saturated rings. The van der Waals surface area contributed by atoms with Crippen molar-refractivity contribution in [1.82, 2.24) is 10.2 Å². The van der Waals surface area contributed by atoms with Crippen LogP contribution in [-0.2, 0) is 4.79 Å². The Labute approximate surface area is 139 Å². The zero-order chi connectivity index (χ0) is 16.7. The van der Waals surface area contributed by atoms with E-state index in [0.29, 0.717) is 31.0 Å². The minimum atomic E-state index is -0.0762. The van der Waals surface area contributed by atoms with Gasteiger partial charge in [-0.2, -0.15) is 0 Å². The van der Waals surface area contributed by atoms with Gasteiger partial charge in [0.25, 0.3) is 5.91 Å². The Morgan fingerprint density at radius 1 is 1.13 bits per heavy atom. The summed E-state index contributed by atoms with van der Waals surface area (Å²) in [4.78, 5) is 26.1. The molecule has 0 unspecified atom stereocenters. The lowest BCUT2D eigenvalue weighted by Gasteiger charge is -2.33. The van der Waals surface area contributed by atoms with E-state index in [1.165, 1.54) is 12.8 Å². The molecule has 1 aromatic rings. The maximum Gasteiger partial charge on any atom is 0.251 e. The van der Waals surface area contributed by atoms with E-state index < -0.39 is 0 Å². The van der Waals surface area contributed by atoms with Gasteiger partial charge in [0.1, 0.15) is 0 Å². The highest BCUT2D eigenvalue weighted by Gasteiger charge is 2.24. The van der Waals surface area contributed by atoms with Crippen molar-refractivity contribution in [2.24, 2.45) is 5.92 Å². The lowest BCUT2D eigenvalue weighted by atomic mass is 9.86. The molecule has 1 aliphatic carbocycles. The Hall–Kier alpha value is -1.84. The van der Waals surface area contributed by atoms with Gasteiger partial charge in [-0.25, -0.2) is 0 Å². The van der Waals surface area contributed by atoms with Crippen molar-refractivity contribution in [3.63, 3.8) is 0 Å². The SMILES string of the molecule is CC1CCC(N(C)C(=O)CCCNC(=O)c2ccccc2)CC1. The molecule has 1 N–H and O–H groups in total. The van der Waals surface area contributed by atoms with Crippen LogP contribution in [0.3, 0.4) is 0 Å². The molecule has 2 amide bonds. The van der Waals surface area contributed by atoms with Gasteiger partial charge in [0.05, 0.1) is 0 Å². The smallest absolute Gasteiger partial charge is 0.251 e. The van der Waals surface area contributed by atoms with E-state index >= 15 is 0 Å². The van der Waals surface area contributed by atoms with Crippen LogP contribution in [0.25, 0.3) is 0 Å². The second-order valence-electron chi connectivity index (χ2n) is 6.64. The molecule has 126 valence electrons. The third-order valence-corrected chi connectivity index (χ3v) is 4.82. The predicted molar refractivity (Wildman–Crippen MR) is 92.2 cm³/mol. The molecular formula is C19H28N2O2. The first-order chi connectivity index (χ1) is 11.1. The Bertz CT molecular complexity index is 507. The molecule has 0 bridgehead atoms. The molecule has 0 spiro atoms. The number of hydrogen-bond acceptors (Lipinski definition) is 2. The van der Waals surface area contributed by atoms with E-state index in [-0.39, 0.29) is 11.8 Å². The van der Waals surface area contributed by atoms with Gasteiger partial charge in [0, 0.05) is 31.6 Å². The van der Waals surface area contributed by atoms with E-state index in [1.807, 2.05) is 30.1 Å². The fraction of sp³-hybridized carbons (Fsp3) is 0.579. The van der Waals surface area contributed by atoms with Crippen molar-refractivity contribution >= 4 is 11.8 Å². The Balaban J connectivity index is 1.65. The molecule has 0 saturated heterocycles. The molecule has 0 atom stereocenters. The van der Waals surface area contributed by atoms with Crippen LogP contribution in [0.4, 0.5) is 0 Å². The average molecular weight is 316 g/mol. The minimum Gasteiger partial charge on any atom is -0.352 e. The average Bonchev–Trinajstić information content (AvgIpc) is 2.59. The molecule has 0 aliphatic heterocycles. The second-order valence-corrected chi connectivity index (χ2v) is 6.64. The summed E-state index contributed by atoms with van der Waals surface area (Å²) in [5.41, 5.74) is 0.660. The number of carbonyl (C=O) groups excluding carboxylic acids is 2. The van der Waals surface area contributed by atoms with Gasteiger partial charge < -0.3 is 10.2 Å². The summed E-state index contributed by atoms with van der Waals surface area (Å²) < 4.78 is 0. The van der Waals surface area contributed by atoms with Gasteiger partial charge >= 0.3 is 0 Å². The van der Waals surface area contributed by atoms with Crippen molar-refractivity contribution in [1.29, 1.82) is 0 Å². The highest BCUT2D eigenvalue weighted by atomic mass is 16.2. The minimum absolute atomic E-state index is 0.0762. The number of hydrogen-bond donors (Lipinski definition) is 1. The van der Waals surface area contributed by atoms with Crippen molar-refractivity contribution < 1.29 is 9.59 Å². The third kappa shape index (κ3) is 5.38. The van der Waals surface area contributed by atoms with Gasteiger partial charge in [0.15, 0.2) is 0 Å². The second kappa shape index (κ2) is 8.70. The largest absolute Gasteiger partial charge is 0.352 e. The van der Waals surface area contributed by atoms with Crippen LogP contribution in [-0.4, -0.2) is 36.3 Å². The van der Waals surface area contributed by atoms with Gasteiger partial charge in [0.2, 0.25) is 5.91 Å². The Kier molecular flexibility index (Phi) is 6.63. The summed E-state index contributed by atoms with van der Waals surface area (Å²) in [6.07, 6.45) is 5.86. The summed E-state index contributed by atoms with van der Waals surface area (Å²) in [6, 6.07) is 9.56. The van der Waals surface area contributed by atoms with Crippen LogP contribution in [0.1, 0.15) is 55.8 Å². The zero-order valence-electron chi connectivity index (χ0n) is 14.3. The van der Waals surface area contributed by atoms with Gasteiger partial charge in [-0.05, 0) is 50.2 Å². The number of rotatable bonds is 6. The number of amides is 2. The van der Waals surface area contributed by atoms with Crippen LogP contribution >= 0.6 is 0 Å². The van der Waals surface area contributed by atoms with Crippen LogP contribution in [0, 0.1) is 5.92 Å². The van der Waals surface area contributed by atoms with Crippen LogP contribution in [0.2, 0.25) is 0 Å². The first-order valence-electron chi connectivity index (χ1n) is 8.67. The number of carbonyl (C=O) groups is 2. The highest BCUT2D eigenvalue weighted by Crippen LogP contribution is 2.26. The molecule has 1 aromatic carbocycles. The fourth-order valence-corrected chi connectivity index (χ4v) is 3.14. The van der Waals surface area contributed by atoms with Crippen molar-refractivity contribution in [2.45, 2.75) is 51.5 Å². The molecule has 1 saturated carbocycles. The van der Waals surface area contributed by atoms with Crippen molar-refractivity contribution in [2.75, 3.05) is 13.6 Å². The molecule has 0 heterocycles. The van der Waals surface area contributed by atoms with Gasteiger partial charge in [-0.3, -0.25) is 9.59 Å². The van der Waals surface area contributed by atoms with E-state index in [1.54, 1.807) is 12.1 Å². The van der Waals surface area contributed by atoms with E-state index in [0.717, 1.165) is 18.8 Å². The maximum atomic E-state index is 12.3. The lowest BCUT2D eigenvalue weighted by Crippen LogP contribution is -2.39. The van der Waals surface area contributed by atoms with Crippen LogP contribution in [0.15, 0.2) is 30.3 Å². The molecule has 2 rings (SSSR count). The summed E-state index contributed by atoms with van der Waals surface area (Å²) in [5, 5.41) is 2.87. The first-order valence-corrected chi connectivity index (χ1v) is 8.67. The summed E-state index contributed by atoms with van der Waals surface area (Å²) >= 11 is 0. The fourth-order valence-electron chi connectivity index (χ4n) is 3.14. The van der Waals surface area contributed by atoms with E-state index in [4.69, 9.17) is 0 Å². The first kappa shape index (κ1) is 17.5. The van der Waals surface area contributed by atoms with E-state index in [9.17, 15) is 9.59 Å². The molecule has 4 heteroatoms. The molecule has 0 aromatic heterocycles. The van der Waals surface area contributed by atoms with Gasteiger partial charge in [-0.1, -0.05) is 25.1 Å². The van der Waals surface area contributed by atoms with E-state index in [2.05, 4.69) is 12.2 Å². The number of benzene rings is 1. The topological polar surface area (TPSA) is 49.4 Å². The number of nitrogens with one attached hydrogen (secondary N) is 1. The Morgan fingerprint density at radius 2 is 1.78 bits per heavy atom. The molecular weight excluding hydrogens is 288 g/mol. The van der Waals surface area contributed by atoms with Crippen molar-refractivity contribution in [3.8, 4) is 0 Å². The van der Waals surface area contributed by atoms with Crippen molar-refractivity contribution in [3.05, 3.63) is 35.9 Å². The monoisotopic (exact) mass is 316 g/mol. The number of nitrogens with zero attached hydrogens (tertiary/aromatic N) is 1. The summed E-state index contributed by atoms with van der Waals surface area (Å²) in [7, 11) is 1.92. The summed E-state index contributed by atoms with van der Waals surface area (Å²) in [5.74, 6) is 0.911.